The predicted molar refractivity (Wildman–Crippen MR) is 79.7 cm³/mol. The van der Waals surface area contributed by atoms with Gasteiger partial charge in [-0.05, 0) is 17.4 Å². The summed E-state index contributed by atoms with van der Waals surface area (Å²) in [6.45, 7) is 6.63. The highest BCUT2D eigenvalue weighted by atomic mass is 35.5. The summed E-state index contributed by atoms with van der Waals surface area (Å²) in [5.41, 5.74) is 2.56. The Morgan fingerprint density at radius 1 is 1.16 bits per heavy atom. The monoisotopic (exact) mass is 277 g/mol. The van der Waals surface area contributed by atoms with Gasteiger partial charge in [-0.1, -0.05) is 45.0 Å². The predicted octanol–water partition coefficient (Wildman–Crippen LogP) is 4.81. The zero-order valence-electron chi connectivity index (χ0n) is 11.7. The molecule has 19 heavy (non-hydrogen) atoms. The molecule has 0 saturated heterocycles. The highest BCUT2D eigenvalue weighted by Crippen LogP contribution is 2.26. The van der Waals surface area contributed by atoms with Crippen LogP contribution in [0.3, 0.4) is 0 Å². The van der Waals surface area contributed by atoms with Crippen molar-refractivity contribution in [3.8, 4) is 11.3 Å². The lowest BCUT2D eigenvalue weighted by Gasteiger charge is -2.18. The smallest absolute Gasteiger partial charge is 0.194 e. The Morgan fingerprint density at radius 2 is 1.84 bits per heavy atom. The number of alkyl halides is 1. The van der Waals surface area contributed by atoms with Gasteiger partial charge in [-0.15, -0.1) is 11.6 Å². The average molecular weight is 278 g/mol. The summed E-state index contributed by atoms with van der Waals surface area (Å²) in [4.78, 5) is 4.28. The molecule has 1 aromatic carbocycles. The van der Waals surface area contributed by atoms with Gasteiger partial charge in [0, 0.05) is 17.9 Å². The van der Waals surface area contributed by atoms with Crippen molar-refractivity contribution in [1.29, 1.82) is 0 Å². The fourth-order valence-corrected chi connectivity index (χ4v) is 2.05. The molecular weight excluding hydrogens is 258 g/mol. The molecule has 0 atom stereocenters. The third kappa shape index (κ3) is 3.60. The lowest BCUT2D eigenvalue weighted by Crippen LogP contribution is -2.10. The first-order valence-corrected chi connectivity index (χ1v) is 7.16. The van der Waals surface area contributed by atoms with Crippen LogP contribution in [-0.4, -0.2) is 10.9 Å². The number of aryl methyl sites for hydroxylation is 1. The molecule has 0 aliphatic heterocycles. The molecule has 0 aliphatic rings. The van der Waals surface area contributed by atoms with Gasteiger partial charge in [0.05, 0.1) is 6.20 Å². The summed E-state index contributed by atoms with van der Waals surface area (Å²) in [7, 11) is 0. The third-order valence-corrected chi connectivity index (χ3v) is 3.38. The normalized spacial score (nSPS) is 11.8. The molecule has 2 rings (SSSR count). The van der Waals surface area contributed by atoms with Crippen molar-refractivity contribution >= 4 is 11.6 Å². The van der Waals surface area contributed by atoms with Crippen LogP contribution in [0.2, 0.25) is 0 Å². The quantitative estimate of drug-likeness (QED) is 0.750. The topological polar surface area (TPSA) is 26.0 Å². The van der Waals surface area contributed by atoms with E-state index in [0.717, 1.165) is 30.1 Å². The van der Waals surface area contributed by atoms with Crippen LogP contribution in [0.1, 0.15) is 38.6 Å². The second-order valence-electron chi connectivity index (χ2n) is 5.74. The van der Waals surface area contributed by atoms with Gasteiger partial charge in [-0.25, -0.2) is 4.98 Å². The Morgan fingerprint density at radius 3 is 2.42 bits per heavy atom. The number of benzene rings is 1. The maximum absolute atomic E-state index is 5.73. The first-order chi connectivity index (χ1) is 9.00. The Balaban J connectivity index is 2.16. The third-order valence-electron chi connectivity index (χ3n) is 3.11. The lowest BCUT2D eigenvalue weighted by molar-refractivity contribution is 0.503. The van der Waals surface area contributed by atoms with E-state index in [4.69, 9.17) is 16.0 Å². The van der Waals surface area contributed by atoms with Crippen molar-refractivity contribution in [2.24, 2.45) is 0 Å². The maximum Gasteiger partial charge on any atom is 0.194 e. The maximum atomic E-state index is 5.73. The Kier molecular flexibility index (Phi) is 4.31. The molecule has 0 bridgehead atoms. The molecule has 0 saturated carbocycles. The fourth-order valence-electron chi connectivity index (χ4n) is 1.91. The Labute approximate surface area is 119 Å². The number of oxazole rings is 1. The Bertz CT molecular complexity index is 522. The van der Waals surface area contributed by atoms with Crippen molar-refractivity contribution < 1.29 is 4.42 Å². The van der Waals surface area contributed by atoms with E-state index in [1.807, 2.05) is 0 Å². The zero-order chi connectivity index (χ0) is 13.9. The molecule has 1 heterocycles. The van der Waals surface area contributed by atoms with Gasteiger partial charge in [-0.3, -0.25) is 0 Å². The molecule has 0 fully saturated rings. The summed E-state index contributed by atoms with van der Waals surface area (Å²) in [5.74, 6) is 2.22. The van der Waals surface area contributed by atoms with E-state index in [2.05, 4.69) is 50.0 Å². The van der Waals surface area contributed by atoms with E-state index in [1.54, 1.807) is 6.20 Å². The molecule has 0 aliphatic carbocycles. The van der Waals surface area contributed by atoms with E-state index in [1.165, 1.54) is 5.56 Å². The van der Waals surface area contributed by atoms with E-state index in [-0.39, 0.29) is 5.41 Å². The molecule has 2 nitrogen and oxygen atoms in total. The largest absolute Gasteiger partial charge is 0.441 e. The zero-order valence-corrected chi connectivity index (χ0v) is 12.5. The van der Waals surface area contributed by atoms with Gasteiger partial charge in [0.25, 0.3) is 0 Å². The summed E-state index contributed by atoms with van der Waals surface area (Å²) in [5, 5.41) is 0. The summed E-state index contributed by atoms with van der Waals surface area (Å²) >= 11 is 5.67. The average Bonchev–Trinajstić information content (AvgIpc) is 2.84. The van der Waals surface area contributed by atoms with E-state index < -0.39 is 0 Å². The van der Waals surface area contributed by atoms with Gasteiger partial charge < -0.3 is 4.42 Å². The SMILES string of the molecule is CC(C)(C)c1ccc(-c2cnc(CCCCl)o2)cc1. The highest BCUT2D eigenvalue weighted by molar-refractivity contribution is 6.17. The van der Waals surface area contributed by atoms with Crippen molar-refractivity contribution in [3.63, 3.8) is 0 Å². The minimum atomic E-state index is 0.172. The molecule has 3 heteroatoms. The number of nitrogens with zero attached hydrogens (tertiary/aromatic N) is 1. The van der Waals surface area contributed by atoms with E-state index in [0.29, 0.717) is 5.88 Å². The number of aromatic nitrogens is 1. The minimum absolute atomic E-state index is 0.172. The standard InChI is InChI=1S/C16H20ClNO/c1-16(2,3)13-8-6-12(7-9-13)14-11-18-15(19-14)5-4-10-17/h6-9,11H,4-5,10H2,1-3H3. The van der Waals surface area contributed by atoms with Gasteiger partial charge in [0.1, 0.15) is 0 Å². The van der Waals surface area contributed by atoms with Crippen LogP contribution in [0.5, 0.6) is 0 Å². The highest BCUT2D eigenvalue weighted by Gasteiger charge is 2.14. The summed E-state index contributed by atoms with van der Waals surface area (Å²) < 4.78 is 5.73. The van der Waals surface area contributed by atoms with E-state index >= 15 is 0 Å². The molecule has 0 spiro atoms. The molecule has 1 aromatic heterocycles. The lowest BCUT2D eigenvalue weighted by atomic mass is 9.86. The fraction of sp³-hybridized carbons (Fsp3) is 0.438. The molecular formula is C16H20ClNO. The van der Waals surface area contributed by atoms with Crippen LogP contribution < -0.4 is 0 Å². The molecule has 0 amide bonds. The first kappa shape index (κ1) is 14.1. The second-order valence-corrected chi connectivity index (χ2v) is 6.12. The summed E-state index contributed by atoms with van der Waals surface area (Å²) in [6, 6.07) is 8.48. The van der Waals surface area contributed by atoms with Crippen molar-refractivity contribution in [2.75, 3.05) is 5.88 Å². The number of hydrogen-bond donors (Lipinski definition) is 0. The first-order valence-electron chi connectivity index (χ1n) is 6.62. The van der Waals surface area contributed by atoms with Crippen molar-refractivity contribution in [3.05, 3.63) is 41.9 Å². The molecule has 2 aromatic rings. The second kappa shape index (κ2) is 5.79. The molecule has 0 N–H and O–H groups in total. The minimum Gasteiger partial charge on any atom is -0.441 e. The van der Waals surface area contributed by atoms with Crippen LogP contribution in [0, 0.1) is 0 Å². The Hall–Kier alpha value is -1.28. The van der Waals surface area contributed by atoms with Crippen LogP contribution in [0.4, 0.5) is 0 Å². The van der Waals surface area contributed by atoms with Gasteiger partial charge >= 0.3 is 0 Å². The van der Waals surface area contributed by atoms with Gasteiger partial charge in [0.2, 0.25) is 0 Å². The van der Waals surface area contributed by atoms with Crippen molar-refractivity contribution in [2.45, 2.75) is 39.0 Å². The van der Waals surface area contributed by atoms with Gasteiger partial charge in [-0.2, -0.15) is 0 Å². The van der Waals surface area contributed by atoms with Crippen LogP contribution in [0.15, 0.2) is 34.9 Å². The number of halogens is 1. The van der Waals surface area contributed by atoms with Gasteiger partial charge in [0.15, 0.2) is 11.7 Å². The van der Waals surface area contributed by atoms with E-state index in [9.17, 15) is 0 Å². The van der Waals surface area contributed by atoms with Crippen LogP contribution in [-0.2, 0) is 11.8 Å². The van der Waals surface area contributed by atoms with Crippen molar-refractivity contribution in [1.82, 2.24) is 4.98 Å². The molecule has 0 radical (unpaired) electrons. The summed E-state index contributed by atoms with van der Waals surface area (Å²) in [6.07, 6.45) is 3.48. The van der Waals surface area contributed by atoms with Crippen LogP contribution >= 0.6 is 11.6 Å². The number of rotatable bonds is 4. The number of hydrogen-bond acceptors (Lipinski definition) is 2. The van der Waals surface area contributed by atoms with Crippen LogP contribution in [0.25, 0.3) is 11.3 Å². The molecule has 102 valence electrons. The molecule has 0 unspecified atom stereocenters.